The van der Waals surface area contributed by atoms with Gasteiger partial charge in [0.15, 0.2) is 0 Å². The van der Waals surface area contributed by atoms with E-state index in [-0.39, 0.29) is 0 Å². The van der Waals surface area contributed by atoms with Crippen molar-refractivity contribution in [1.29, 1.82) is 0 Å². The zero-order chi connectivity index (χ0) is 30.1. The molecule has 45 heavy (non-hydrogen) atoms. The van der Waals surface area contributed by atoms with Crippen LogP contribution in [0.3, 0.4) is 0 Å². The van der Waals surface area contributed by atoms with E-state index in [9.17, 15) is 0 Å². The summed E-state index contributed by atoms with van der Waals surface area (Å²) in [6.45, 7) is 4.32. The SMILES string of the molecule is Cc1ccccc1-c1nc(-n2c3c(c4ccccc42)-c2cccc4cccc-3c24)nc(-c2cccc(-c3ccccc3)c2)c1C. The second-order valence-corrected chi connectivity index (χ2v) is 11.9. The van der Waals surface area contributed by atoms with Crippen molar-refractivity contribution in [3.05, 3.63) is 151 Å². The molecule has 3 nitrogen and oxygen atoms in total. The molecule has 0 saturated heterocycles. The Morgan fingerprint density at radius 1 is 0.511 bits per heavy atom. The van der Waals surface area contributed by atoms with Crippen molar-refractivity contribution >= 4 is 21.7 Å². The molecule has 8 aromatic rings. The normalized spacial score (nSPS) is 11.8. The van der Waals surface area contributed by atoms with Crippen LogP contribution in [-0.2, 0) is 0 Å². The lowest BCUT2D eigenvalue weighted by Crippen LogP contribution is -2.08. The molecule has 3 heteroatoms. The zero-order valence-corrected chi connectivity index (χ0v) is 25.1. The smallest absolute Gasteiger partial charge is 0.235 e. The summed E-state index contributed by atoms with van der Waals surface area (Å²) in [6.07, 6.45) is 0. The summed E-state index contributed by atoms with van der Waals surface area (Å²) in [4.78, 5) is 10.9. The van der Waals surface area contributed by atoms with Crippen LogP contribution in [0.25, 0.3) is 83.6 Å². The Labute approximate surface area is 262 Å². The van der Waals surface area contributed by atoms with Crippen molar-refractivity contribution in [2.24, 2.45) is 0 Å². The molecule has 0 atom stereocenters. The minimum atomic E-state index is 0.682. The van der Waals surface area contributed by atoms with Crippen molar-refractivity contribution in [3.8, 4) is 62.0 Å². The highest BCUT2D eigenvalue weighted by atomic mass is 15.2. The van der Waals surface area contributed by atoms with Crippen molar-refractivity contribution in [2.45, 2.75) is 13.8 Å². The number of fused-ring (bicyclic) bond motifs is 5. The molecule has 0 radical (unpaired) electrons. The first-order chi connectivity index (χ1) is 22.2. The fraction of sp³-hybridized carbons (Fsp3) is 0.0476. The average molecular weight is 576 g/mol. The van der Waals surface area contributed by atoms with Crippen molar-refractivity contribution in [3.63, 3.8) is 0 Å². The summed E-state index contributed by atoms with van der Waals surface area (Å²) in [5.41, 5.74) is 14.7. The molecular formula is C42H29N3. The monoisotopic (exact) mass is 575 g/mol. The van der Waals surface area contributed by atoms with E-state index in [4.69, 9.17) is 9.97 Å². The summed E-state index contributed by atoms with van der Waals surface area (Å²) >= 11 is 0. The van der Waals surface area contributed by atoms with Gasteiger partial charge in [0.1, 0.15) is 0 Å². The van der Waals surface area contributed by atoms with Gasteiger partial charge < -0.3 is 0 Å². The van der Waals surface area contributed by atoms with Gasteiger partial charge in [0.05, 0.1) is 22.6 Å². The maximum absolute atomic E-state index is 5.44. The van der Waals surface area contributed by atoms with E-state index in [0.29, 0.717) is 5.95 Å². The molecular weight excluding hydrogens is 546 g/mol. The molecule has 212 valence electrons. The second kappa shape index (κ2) is 9.87. The standard InChI is InChI=1S/C42H29N3/c1-26-13-6-7-20-32(26)40-27(2)39(31-19-10-18-30(25-31)28-14-4-3-5-15-28)43-42(44-40)45-36-24-9-8-21-33(36)38-34-22-11-16-29-17-12-23-35(37(29)34)41(38)45/h3-25H,1-2H3. The van der Waals surface area contributed by atoms with E-state index >= 15 is 0 Å². The minimum absolute atomic E-state index is 0.682. The third-order valence-electron chi connectivity index (χ3n) is 9.28. The van der Waals surface area contributed by atoms with Crippen molar-refractivity contribution in [2.75, 3.05) is 0 Å². The van der Waals surface area contributed by atoms with Gasteiger partial charge in [-0.2, -0.15) is 0 Å². The molecule has 0 spiro atoms. The van der Waals surface area contributed by atoms with E-state index in [1.165, 1.54) is 49.5 Å². The van der Waals surface area contributed by atoms with E-state index < -0.39 is 0 Å². The predicted molar refractivity (Wildman–Crippen MR) is 187 cm³/mol. The summed E-state index contributed by atoms with van der Waals surface area (Å²) in [6, 6.07) is 49.7. The Kier molecular flexibility index (Phi) is 5.63. The summed E-state index contributed by atoms with van der Waals surface area (Å²) in [7, 11) is 0. The largest absolute Gasteiger partial charge is 0.277 e. The van der Waals surface area contributed by atoms with Crippen molar-refractivity contribution in [1.82, 2.24) is 14.5 Å². The van der Waals surface area contributed by atoms with Gasteiger partial charge in [-0.15, -0.1) is 0 Å². The number of aryl methyl sites for hydroxylation is 1. The third kappa shape index (κ3) is 3.84. The van der Waals surface area contributed by atoms with Crippen LogP contribution in [0.4, 0.5) is 0 Å². The van der Waals surface area contributed by atoms with Gasteiger partial charge in [-0.3, -0.25) is 4.57 Å². The molecule has 1 aliphatic carbocycles. The maximum Gasteiger partial charge on any atom is 0.235 e. The van der Waals surface area contributed by atoms with E-state index in [2.05, 4.69) is 158 Å². The van der Waals surface area contributed by atoms with Gasteiger partial charge >= 0.3 is 0 Å². The Hall–Kier alpha value is -5.80. The predicted octanol–water partition coefficient (Wildman–Crippen LogP) is 10.8. The first kappa shape index (κ1) is 25.7. The van der Waals surface area contributed by atoms with Crippen LogP contribution >= 0.6 is 0 Å². The van der Waals surface area contributed by atoms with Crippen LogP contribution in [0.1, 0.15) is 11.1 Å². The zero-order valence-electron chi connectivity index (χ0n) is 25.1. The highest BCUT2D eigenvalue weighted by molar-refractivity contribution is 6.21. The van der Waals surface area contributed by atoms with E-state index in [1.54, 1.807) is 0 Å². The first-order valence-electron chi connectivity index (χ1n) is 15.4. The lowest BCUT2D eigenvalue weighted by atomic mass is 9.96. The Morgan fingerprint density at radius 3 is 2.00 bits per heavy atom. The maximum atomic E-state index is 5.44. The third-order valence-corrected chi connectivity index (χ3v) is 9.28. The molecule has 2 aromatic heterocycles. The highest BCUT2D eigenvalue weighted by Crippen LogP contribution is 2.52. The molecule has 0 amide bonds. The summed E-state index contributed by atoms with van der Waals surface area (Å²) in [5, 5.41) is 3.76. The molecule has 0 saturated carbocycles. The van der Waals surface area contributed by atoms with Crippen LogP contribution in [0.2, 0.25) is 0 Å². The van der Waals surface area contributed by atoms with Crippen LogP contribution in [0, 0.1) is 13.8 Å². The van der Waals surface area contributed by atoms with Crippen molar-refractivity contribution < 1.29 is 0 Å². The molecule has 0 unspecified atom stereocenters. The number of nitrogens with zero attached hydrogens (tertiary/aromatic N) is 3. The van der Waals surface area contributed by atoms with E-state index in [0.717, 1.165) is 39.3 Å². The number of hydrogen-bond donors (Lipinski definition) is 0. The van der Waals surface area contributed by atoms with Crippen LogP contribution < -0.4 is 0 Å². The molecule has 0 N–H and O–H groups in total. The molecule has 6 aromatic carbocycles. The first-order valence-corrected chi connectivity index (χ1v) is 15.4. The lowest BCUT2D eigenvalue weighted by molar-refractivity contribution is 0.967. The van der Waals surface area contributed by atoms with Crippen LogP contribution in [0.15, 0.2) is 140 Å². The Morgan fingerprint density at radius 2 is 1.16 bits per heavy atom. The Bertz CT molecular complexity index is 2440. The summed E-state index contributed by atoms with van der Waals surface area (Å²) < 4.78 is 2.30. The lowest BCUT2D eigenvalue weighted by Gasteiger charge is -2.17. The van der Waals surface area contributed by atoms with Crippen LogP contribution in [-0.4, -0.2) is 14.5 Å². The van der Waals surface area contributed by atoms with Gasteiger partial charge in [-0.1, -0.05) is 127 Å². The molecule has 0 aliphatic heterocycles. The average Bonchev–Trinajstić information content (AvgIpc) is 3.60. The van der Waals surface area contributed by atoms with E-state index in [1.807, 2.05) is 0 Å². The van der Waals surface area contributed by atoms with Gasteiger partial charge in [-0.25, -0.2) is 9.97 Å². The van der Waals surface area contributed by atoms with Gasteiger partial charge in [0, 0.05) is 33.2 Å². The highest BCUT2D eigenvalue weighted by Gasteiger charge is 2.30. The minimum Gasteiger partial charge on any atom is -0.277 e. The van der Waals surface area contributed by atoms with Crippen LogP contribution in [0.5, 0.6) is 0 Å². The molecule has 0 fully saturated rings. The van der Waals surface area contributed by atoms with Gasteiger partial charge in [0.25, 0.3) is 0 Å². The molecule has 2 heterocycles. The fourth-order valence-corrected chi connectivity index (χ4v) is 7.19. The van der Waals surface area contributed by atoms with Gasteiger partial charge in [0.2, 0.25) is 5.95 Å². The number of rotatable bonds is 4. The topological polar surface area (TPSA) is 30.7 Å². The fourth-order valence-electron chi connectivity index (χ4n) is 7.19. The molecule has 9 rings (SSSR count). The molecule has 1 aliphatic rings. The number of hydrogen-bond acceptors (Lipinski definition) is 2. The summed E-state index contributed by atoms with van der Waals surface area (Å²) in [5.74, 6) is 0.682. The quantitative estimate of drug-likeness (QED) is 0.209. The number of benzene rings is 6. The number of aromatic nitrogens is 3. The second-order valence-electron chi connectivity index (χ2n) is 11.9. The Balaban J connectivity index is 1.37. The van der Waals surface area contributed by atoms with Gasteiger partial charge in [-0.05, 0) is 59.0 Å². The molecule has 0 bridgehead atoms. The number of para-hydroxylation sites is 1.